The molecule has 2 heterocycles. The molecular formula is C22H36N6S. The molecule has 0 saturated heterocycles. The molecule has 0 spiro atoms. The largest absolute Gasteiger partial charge is 0.357 e. The number of aromatic nitrogens is 3. The first-order chi connectivity index (χ1) is 14.0. The molecule has 1 aliphatic rings. The molecule has 2 aromatic heterocycles. The molecule has 0 radical (unpaired) electrons. The van der Waals surface area contributed by atoms with E-state index in [2.05, 4.69) is 49.3 Å². The number of aliphatic imine (C=N–C) groups is 1. The summed E-state index contributed by atoms with van der Waals surface area (Å²) in [5.74, 6) is 1.38. The maximum atomic E-state index is 4.87. The number of hydrogen-bond donors (Lipinski definition) is 1. The Bertz CT molecular complexity index is 796. The average molecular weight is 417 g/mol. The first kappa shape index (κ1) is 21.8. The third-order valence-electron chi connectivity index (χ3n) is 5.29. The number of rotatable bonds is 8. The lowest BCUT2D eigenvalue weighted by molar-refractivity contribution is 0.473. The van der Waals surface area contributed by atoms with Gasteiger partial charge >= 0.3 is 0 Å². The Hall–Kier alpha value is -1.89. The van der Waals surface area contributed by atoms with Gasteiger partial charge in [-0.05, 0) is 44.9 Å². The van der Waals surface area contributed by atoms with Gasteiger partial charge in [0.15, 0.2) is 5.96 Å². The summed E-state index contributed by atoms with van der Waals surface area (Å²) < 4.78 is 1.91. The van der Waals surface area contributed by atoms with Crippen molar-refractivity contribution in [3.8, 4) is 0 Å². The van der Waals surface area contributed by atoms with Gasteiger partial charge in [0.05, 0.1) is 16.4 Å². The lowest BCUT2D eigenvalue weighted by Gasteiger charge is -2.22. The van der Waals surface area contributed by atoms with Gasteiger partial charge in [0.2, 0.25) is 0 Å². The molecule has 0 bridgehead atoms. The number of nitrogens with one attached hydrogen (secondary N) is 1. The highest BCUT2D eigenvalue weighted by atomic mass is 32.1. The van der Waals surface area contributed by atoms with E-state index in [0.29, 0.717) is 5.92 Å². The van der Waals surface area contributed by atoms with Gasteiger partial charge in [-0.3, -0.25) is 9.67 Å². The van der Waals surface area contributed by atoms with Gasteiger partial charge in [-0.2, -0.15) is 5.10 Å². The molecule has 1 N–H and O–H groups in total. The number of hydrogen-bond acceptors (Lipinski definition) is 4. The fourth-order valence-corrected chi connectivity index (χ4v) is 5.09. The van der Waals surface area contributed by atoms with Crippen molar-refractivity contribution < 1.29 is 0 Å². The number of fused-ring (bicyclic) bond motifs is 1. The molecule has 0 saturated carbocycles. The molecule has 160 valence electrons. The Morgan fingerprint density at radius 1 is 1.34 bits per heavy atom. The summed E-state index contributed by atoms with van der Waals surface area (Å²) in [6, 6.07) is 0. The molecule has 1 aliphatic carbocycles. The van der Waals surface area contributed by atoms with Gasteiger partial charge in [-0.15, -0.1) is 11.3 Å². The summed E-state index contributed by atoms with van der Waals surface area (Å²) in [5.41, 5.74) is 3.80. The summed E-state index contributed by atoms with van der Waals surface area (Å²) in [4.78, 5) is 13.5. The van der Waals surface area contributed by atoms with Crippen molar-refractivity contribution in [1.82, 2.24) is 25.0 Å². The van der Waals surface area contributed by atoms with Crippen LogP contribution in [-0.2, 0) is 32.9 Å². The van der Waals surface area contributed by atoms with Gasteiger partial charge < -0.3 is 10.2 Å². The third-order valence-corrected chi connectivity index (χ3v) is 6.51. The molecule has 29 heavy (non-hydrogen) atoms. The molecule has 0 fully saturated rings. The molecule has 0 aliphatic heterocycles. The van der Waals surface area contributed by atoms with Crippen LogP contribution in [-0.4, -0.2) is 45.8 Å². The second-order valence-electron chi connectivity index (χ2n) is 8.25. The molecule has 0 amide bonds. The molecule has 0 unspecified atom stereocenters. The Morgan fingerprint density at radius 2 is 2.14 bits per heavy atom. The minimum absolute atomic E-state index is 0.420. The van der Waals surface area contributed by atoms with Gasteiger partial charge in [0.25, 0.3) is 0 Å². The van der Waals surface area contributed by atoms with E-state index in [1.807, 2.05) is 23.1 Å². The second-order valence-corrected chi connectivity index (χ2v) is 9.42. The second kappa shape index (κ2) is 10.2. The standard InChI is InChI=1S/C22H36N6S/c1-6-23-22(27(4)14-17-15-28(5)26-21(17)16(2)3)24-13-9-12-20-25-18-10-7-8-11-19(18)29-20/h15-16H,6-14H2,1-5H3,(H,23,24). The normalized spacial score (nSPS) is 14.3. The maximum Gasteiger partial charge on any atom is 0.193 e. The van der Waals surface area contributed by atoms with Crippen LogP contribution in [0.15, 0.2) is 11.2 Å². The van der Waals surface area contributed by atoms with E-state index < -0.39 is 0 Å². The van der Waals surface area contributed by atoms with E-state index in [9.17, 15) is 0 Å². The Morgan fingerprint density at radius 3 is 2.86 bits per heavy atom. The molecule has 0 atom stereocenters. The van der Waals surface area contributed by atoms with Crippen LogP contribution < -0.4 is 5.32 Å². The number of guanidine groups is 1. The predicted molar refractivity (Wildman–Crippen MR) is 122 cm³/mol. The van der Waals surface area contributed by atoms with E-state index in [4.69, 9.17) is 9.98 Å². The van der Waals surface area contributed by atoms with E-state index in [1.165, 1.54) is 52.5 Å². The Kier molecular flexibility index (Phi) is 7.70. The molecular weight excluding hydrogens is 380 g/mol. The zero-order valence-corrected chi connectivity index (χ0v) is 19.5. The number of aryl methyl sites for hydroxylation is 4. The zero-order valence-electron chi connectivity index (χ0n) is 18.7. The summed E-state index contributed by atoms with van der Waals surface area (Å²) >= 11 is 1.92. The first-order valence-corrected chi connectivity index (χ1v) is 11.8. The van der Waals surface area contributed by atoms with Gasteiger partial charge in [-0.25, -0.2) is 4.98 Å². The summed E-state index contributed by atoms with van der Waals surface area (Å²) in [6.45, 7) is 9.01. The number of thiazole rings is 1. The minimum Gasteiger partial charge on any atom is -0.357 e. The van der Waals surface area contributed by atoms with Gasteiger partial charge in [-0.1, -0.05) is 13.8 Å². The van der Waals surface area contributed by atoms with Crippen molar-refractivity contribution in [3.05, 3.63) is 33.0 Å². The lowest BCUT2D eigenvalue weighted by Crippen LogP contribution is -2.38. The Labute approximate surface area is 179 Å². The molecule has 7 heteroatoms. The van der Waals surface area contributed by atoms with Crippen molar-refractivity contribution in [2.75, 3.05) is 20.1 Å². The van der Waals surface area contributed by atoms with Crippen molar-refractivity contribution in [3.63, 3.8) is 0 Å². The van der Waals surface area contributed by atoms with Crippen LogP contribution in [0.2, 0.25) is 0 Å². The monoisotopic (exact) mass is 416 g/mol. The van der Waals surface area contributed by atoms with Crippen LogP contribution in [0.25, 0.3) is 0 Å². The highest BCUT2D eigenvalue weighted by Crippen LogP contribution is 2.27. The predicted octanol–water partition coefficient (Wildman–Crippen LogP) is 3.91. The quantitative estimate of drug-likeness (QED) is 0.403. The SMILES string of the molecule is CCNC(=NCCCc1nc2c(s1)CCCC2)N(C)Cc1cn(C)nc1C(C)C. The number of nitrogens with zero attached hydrogens (tertiary/aromatic N) is 5. The van der Waals surface area contributed by atoms with E-state index >= 15 is 0 Å². The topological polar surface area (TPSA) is 58.3 Å². The van der Waals surface area contributed by atoms with Crippen molar-refractivity contribution >= 4 is 17.3 Å². The van der Waals surface area contributed by atoms with Gasteiger partial charge in [0, 0.05) is 56.8 Å². The van der Waals surface area contributed by atoms with Crippen LogP contribution in [0.1, 0.15) is 72.8 Å². The van der Waals surface area contributed by atoms with Crippen LogP contribution in [0.4, 0.5) is 0 Å². The fourth-order valence-electron chi connectivity index (χ4n) is 3.89. The van der Waals surface area contributed by atoms with Crippen molar-refractivity contribution in [2.45, 2.75) is 71.8 Å². The van der Waals surface area contributed by atoms with Crippen LogP contribution >= 0.6 is 11.3 Å². The fraction of sp³-hybridized carbons (Fsp3) is 0.682. The first-order valence-electron chi connectivity index (χ1n) is 11.0. The van der Waals surface area contributed by atoms with E-state index in [0.717, 1.165) is 38.4 Å². The van der Waals surface area contributed by atoms with Crippen molar-refractivity contribution in [2.24, 2.45) is 12.0 Å². The zero-order chi connectivity index (χ0) is 20.8. The molecule has 3 rings (SSSR count). The molecule has 6 nitrogen and oxygen atoms in total. The highest BCUT2D eigenvalue weighted by molar-refractivity contribution is 7.11. The van der Waals surface area contributed by atoms with Crippen LogP contribution in [0.5, 0.6) is 0 Å². The Balaban J connectivity index is 1.56. The minimum atomic E-state index is 0.420. The van der Waals surface area contributed by atoms with Crippen LogP contribution in [0, 0.1) is 0 Å². The van der Waals surface area contributed by atoms with E-state index in [1.54, 1.807) is 0 Å². The summed E-state index contributed by atoms with van der Waals surface area (Å²) in [5, 5.41) is 9.36. The molecule has 2 aromatic rings. The highest BCUT2D eigenvalue weighted by Gasteiger charge is 2.16. The molecule has 0 aromatic carbocycles. The van der Waals surface area contributed by atoms with Crippen molar-refractivity contribution in [1.29, 1.82) is 0 Å². The summed E-state index contributed by atoms with van der Waals surface area (Å²) in [6.07, 6.45) is 9.23. The van der Waals surface area contributed by atoms with E-state index in [-0.39, 0.29) is 0 Å². The van der Waals surface area contributed by atoms with Gasteiger partial charge in [0.1, 0.15) is 0 Å². The van der Waals surface area contributed by atoms with Crippen LogP contribution in [0.3, 0.4) is 0 Å². The maximum absolute atomic E-state index is 4.87. The smallest absolute Gasteiger partial charge is 0.193 e. The summed E-state index contributed by atoms with van der Waals surface area (Å²) in [7, 11) is 4.10. The lowest BCUT2D eigenvalue weighted by atomic mass is 10.0. The average Bonchev–Trinajstić information content (AvgIpc) is 3.26. The third kappa shape index (κ3) is 5.81.